The van der Waals surface area contributed by atoms with Crippen LogP contribution in [0.15, 0.2) is 24.3 Å². The molecule has 3 nitrogen and oxygen atoms in total. The molecule has 0 aromatic heterocycles. The number of hydrogen-bond donors (Lipinski definition) is 3. The van der Waals surface area contributed by atoms with E-state index in [9.17, 15) is 10.2 Å². The van der Waals surface area contributed by atoms with Gasteiger partial charge in [-0.05, 0) is 18.9 Å². The average molecular weight is 221 g/mol. The molecule has 0 spiro atoms. The van der Waals surface area contributed by atoms with Crippen molar-refractivity contribution in [1.29, 1.82) is 0 Å². The van der Waals surface area contributed by atoms with Gasteiger partial charge in [0, 0.05) is 19.0 Å². The van der Waals surface area contributed by atoms with Crippen molar-refractivity contribution in [3.63, 3.8) is 0 Å². The fraction of sp³-hybridized carbons (Fsp3) is 0.538. The largest absolute Gasteiger partial charge is 0.390 e. The molecule has 0 amide bonds. The number of aryl methyl sites for hydroxylation is 1. The van der Waals surface area contributed by atoms with Crippen molar-refractivity contribution in [2.24, 2.45) is 5.92 Å². The van der Waals surface area contributed by atoms with Gasteiger partial charge in [0.1, 0.15) is 0 Å². The number of benzene rings is 1. The number of piperidine rings is 1. The van der Waals surface area contributed by atoms with E-state index >= 15 is 0 Å². The van der Waals surface area contributed by atoms with Crippen molar-refractivity contribution in [1.82, 2.24) is 5.32 Å². The maximum absolute atomic E-state index is 9.86. The first-order chi connectivity index (χ1) is 7.66. The summed E-state index contributed by atoms with van der Waals surface area (Å²) in [6.45, 7) is 3.32. The molecule has 1 fully saturated rings. The lowest BCUT2D eigenvalue weighted by atomic mass is 9.88. The van der Waals surface area contributed by atoms with E-state index in [4.69, 9.17) is 0 Å². The van der Waals surface area contributed by atoms with E-state index in [-0.39, 0.29) is 5.92 Å². The van der Waals surface area contributed by atoms with E-state index in [2.05, 4.69) is 36.5 Å². The fourth-order valence-electron chi connectivity index (χ4n) is 2.19. The molecule has 0 aliphatic carbocycles. The van der Waals surface area contributed by atoms with Gasteiger partial charge in [-0.25, -0.2) is 0 Å². The third-order valence-corrected chi connectivity index (χ3v) is 3.26. The summed E-state index contributed by atoms with van der Waals surface area (Å²) in [5.74, 6) is 0.103. The minimum Gasteiger partial charge on any atom is -0.390 e. The highest BCUT2D eigenvalue weighted by Crippen LogP contribution is 2.17. The Morgan fingerprint density at radius 2 is 1.88 bits per heavy atom. The summed E-state index contributed by atoms with van der Waals surface area (Å²) in [6.07, 6.45) is -0.433. The lowest BCUT2D eigenvalue weighted by Crippen LogP contribution is -2.51. The minimum absolute atomic E-state index is 0.103. The van der Waals surface area contributed by atoms with E-state index in [1.54, 1.807) is 0 Å². The van der Waals surface area contributed by atoms with Crippen molar-refractivity contribution in [2.75, 3.05) is 13.1 Å². The van der Waals surface area contributed by atoms with Gasteiger partial charge >= 0.3 is 0 Å². The normalized spacial score (nSPS) is 30.3. The smallest absolute Gasteiger partial charge is 0.0926 e. The van der Waals surface area contributed by atoms with Crippen LogP contribution in [-0.4, -0.2) is 35.5 Å². The van der Waals surface area contributed by atoms with Crippen LogP contribution in [0.1, 0.15) is 11.1 Å². The predicted molar refractivity (Wildman–Crippen MR) is 63.3 cm³/mol. The van der Waals surface area contributed by atoms with E-state index in [1.807, 2.05) is 0 Å². The third kappa shape index (κ3) is 2.61. The van der Waals surface area contributed by atoms with Gasteiger partial charge in [0.25, 0.3) is 0 Å². The maximum Gasteiger partial charge on any atom is 0.0926 e. The zero-order valence-electron chi connectivity index (χ0n) is 9.56. The van der Waals surface area contributed by atoms with Gasteiger partial charge in [0.15, 0.2) is 0 Å². The third-order valence-electron chi connectivity index (χ3n) is 3.26. The van der Waals surface area contributed by atoms with Crippen molar-refractivity contribution in [3.05, 3.63) is 35.4 Å². The van der Waals surface area contributed by atoms with Crippen LogP contribution in [0.2, 0.25) is 0 Å². The molecule has 1 aromatic rings. The molecule has 0 saturated carbocycles. The quantitative estimate of drug-likeness (QED) is 0.681. The summed E-state index contributed by atoms with van der Waals surface area (Å²) >= 11 is 0. The van der Waals surface area contributed by atoms with Crippen molar-refractivity contribution >= 4 is 0 Å². The van der Waals surface area contributed by atoms with Gasteiger partial charge < -0.3 is 15.5 Å². The molecular formula is C13H19NO2. The standard InChI is InChI=1S/C13H19NO2/c1-9-2-4-10(5-3-9)6-11-7-14-8-12(15)13(11)16/h2-5,11-16H,6-8H2,1H3/t11-,12+,13+/m0/s1. The molecule has 0 unspecified atom stereocenters. The predicted octanol–water partition coefficient (Wildman–Crippen LogP) is 0.479. The Kier molecular flexibility index (Phi) is 3.59. The Morgan fingerprint density at radius 1 is 1.19 bits per heavy atom. The molecule has 0 radical (unpaired) electrons. The lowest BCUT2D eigenvalue weighted by Gasteiger charge is -2.32. The topological polar surface area (TPSA) is 52.5 Å². The molecule has 2 rings (SSSR count). The molecule has 0 bridgehead atoms. The van der Waals surface area contributed by atoms with Crippen LogP contribution in [0, 0.1) is 12.8 Å². The Hall–Kier alpha value is -0.900. The van der Waals surface area contributed by atoms with E-state index in [1.165, 1.54) is 11.1 Å². The summed E-state index contributed by atoms with van der Waals surface area (Å²) in [6, 6.07) is 8.33. The molecule has 1 aromatic carbocycles. The molecule has 3 atom stereocenters. The summed E-state index contributed by atoms with van der Waals surface area (Å²) < 4.78 is 0. The van der Waals surface area contributed by atoms with Crippen LogP contribution in [0.4, 0.5) is 0 Å². The van der Waals surface area contributed by atoms with Gasteiger partial charge in [-0.3, -0.25) is 0 Å². The average Bonchev–Trinajstić information content (AvgIpc) is 2.28. The first kappa shape index (κ1) is 11.6. The summed E-state index contributed by atoms with van der Waals surface area (Å²) in [4.78, 5) is 0. The van der Waals surface area contributed by atoms with Gasteiger partial charge in [-0.1, -0.05) is 29.8 Å². The van der Waals surface area contributed by atoms with Crippen molar-refractivity contribution in [2.45, 2.75) is 25.6 Å². The number of rotatable bonds is 2. The van der Waals surface area contributed by atoms with Crippen molar-refractivity contribution < 1.29 is 10.2 Å². The first-order valence-corrected chi connectivity index (χ1v) is 5.79. The van der Waals surface area contributed by atoms with E-state index in [0.29, 0.717) is 6.54 Å². The fourth-order valence-corrected chi connectivity index (χ4v) is 2.19. The van der Waals surface area contributed by atoms with E-state index < -0.39 is 12.2 Å². The molecule has 16 heavy (non-hydrogen) atoms. The summed E-state index contributed by atoms with van der Waals surface area (Å²) in [5.41, 5.74) is 2.46. The zero-order valence-corrected chi connectivity index (χ0v) is 9.56. The Balaban J connectivity index is 2.00. The Morgan fingerprint density at radius 3 is 2.56 bits per heavy atom. The van der Waals surface area contributed by atoms with Crippen LogP contribution < -0.4 is 5.32 Å². The highest BCUT2D eigenvalue weighted by atomic mass is 16.3. The molecule has 3 N–H and O–H groups in total. The van der Waals surface area contributed by atoms with Crippen LogP contribution in [0.3, 0.4) is 0 Å². The summed E-state index contributed by atoms with van der Waals surface area (Å²) in [5, 5.41) is 22.6. The molecule has 1 saturated heterocycles. The molecular weight excluding hydrogens is 202 g/mol. The first-order valence-electron chi connectivity index (χ1n) is 5.79. The van der Waals surface area contributed by atoms with Gasteiger partial charge in [0.2, 0.25) is 0 Å². The molecule has 3 heteroatoms. The number of aliphatic hydroxyl groups is 2. The highest BCUT2D eigenvalue weighted by Gasteiger charge is 2.29. The Bertz CT molecular complexity index is 336. The van der Waals surface area contributed by atoms with Gasteiger partial charge in [-0.15, -0.1) is 0 Å². The molecule has 88 valence electrons. The second kappa shape index (κ2) is 4.95. The van der Waals surface area contributed by atoms with Crippen molar-refractivity contribution in [3.8, 4) is 0 Å². The van der Waals surface area contributed by atoms with Gasteiger partial charge in [-0.2, -0.15) is 0 Å². The van der Waals surface area contributed by atoms with E-state index in [0.717, 1.165) is 13.0 Å². The maximum atomic E-state index is 9.86. The second-order valence-electron chi connectivity index (χ2n) is 4.67. The van der Waals surface area contributed by atoms with Crippen LogP contribution in [0.25, 0.3) is 0 Å². The monoisotopic (exact) mass is 221 g/mol. The molecule has 1 heterocycles. The second-order valence-corrected chi connectivity index (χ2v) is 4.67. The number of hydrogen-bond acceptors (Lipinski definition) is 3. The van der Waals surface area contributed by atoms with Crippen LogP contribution in [0.5, 0.6) is 0 Å². The number of aliphatic hydroxyl groups excluding tert-OH is 2. The van der Waals surface area contributed by atoms with Crippen LogP contribution in [-0.2, 0) is 6.42 Å². The molecule has 1 aliphatic heterocycles. The highest BCUT2D eigenvalue weighted by molar-refractivity contribution is 5.22. The number of β-amino-alcohol motifs (C(OH)–C–C–N with tert-alkyl or cyclic N) is 1. The Labute approximate surface area is 96.1 Å². The summed E-state index contributed by atoms with van der Waals surface area (Å²) in [7, 11) is 0. The zero-order chi connectivity index (χ0) is 11.5. The van der Waals surface area contributed by atoms with Gasteiger partial charge in [0.05, 0.1) is 12.2 Å². The number of nitrogens with one attached hydrogen (secondary N) is 1. The minimum atomic E-state index is -0.635. The molecule has 1 aliphatic rings. The SMILES string of the molecule is Cc1ccc(C[C@H]2CNC[C@@H](O)[C@@H]2O)cc1. The lowest BCUT2D eigenvalue weighted by molar-refractivity contribution is -0.0345. The van der Waals surface area contributed by atoms with Crippen LogP contribution >= 0.6 is 0 Å².